The third kappa shape index (κ3) is 10.2. The maximum Gasteiger partial charge on any atom is 0.294 e. The Labute approximate surface area is 358 Å². The van der Waals surface area contributed by atoms with Crippen molar-refractivity contribution >= 4 is 57.6 Å². The van der Waals surface area contributed by atoms with Crippen LogP contribution in [0, 0.1) is 5.92 Å². The normalized spacial score (nSPS) is 23.2. The molecule has 0 unspecified atom stereocenters. The molecule has 5 N–H and O–H groups in total. The molecule has 0 radical (unpaired) electrons. The van der Waals surface area contributed by atoms with Crippen LogP contribution in [0.1, 0.15) is 77.3 Å². The fourth-order valence-electron chi connectivity index (χ4n) is 9.15. The maximum atomic E-state index is 12.1. The van der Waals surface area contributed by atoms with Gasteiger partial charge in [0.1, 0.15) is 13.1 Å². The Hall–Kier alpha value is -3.73. The minimum atomic E-state index is -4.55. The van der Waals surface area contributed by atoms with E-state index in [1.165, 1.54) is 36.4 Å². The molecule has 0 bridgehead atoms. The van der Waals surface area contributed by atoms with Gasteiger partial charge in [0.2, 0.25) is 5.71 Å². The van der Waals surface area contributed by atoms with Crippen LogP contribution in [0.2, 0.25) is 0 Å². The maximum absolute atomic E-state index is 12.1. The monoisotopic (exact) mass is 924 g/mol. The zero-order valence-corrected chi connectivity index (χ0v) is 37.8. The molecule has 4 aliphatic rings. The van der Waals surface area contributed by atoms with Crippen LogP contribution in [-0.4, -0.2) is 112 Å². The SMILES string of the molecule is CC1(C)C(=CC=C2CCC(=CC=C3N(CCS(=O)(=O)O)c4ccc(S(=O)(=O)O)cc4C3(C)C)C2=[N+]2CCC(CCCO)CC2)N(CCS(=O)(=O)O)c2ccc(S(=O)(=O)O)cc21. The Morgan fingerprint density at radius 1 is 0.656 bits per heavy atom. The molecule has 61 heavy (non-hydrogen) atoms. The Bertz CT molecular complexity index is 2540. The molecule has 2 fully saturated rings. The predicted octanol–water partition coefficient (Wildman–Crippen LogP) is 4.90. The first-order valence-electron chi connectivity index (χ1n) is 20.0. The number of rotatable bonds is 13. The molecule has 0 aromatic heterocycles. The topological polar surface area (TPSA) is 247 Å². The van der Waals surface area contributed by atoms with Crippen molar-refractivity contribution in [3.05, 3.63) is 94.4 Å². The van der Waals surface area contributed by atoms with Crippen molar-refractivity contribution in [2.45, 2.75) is 86.8 Å². The van der Waals surface area contributed by atoms with Gasteiger partial charge in [0.25, 0.3) is 40.5 Å². The van der Waals surface area contributed by atoms with Gasteiger partial charge < -0.3 is 14.9 Å². The van der Waals surface area contributed by atoms with Crippen LogP contribution in [-0.2, 0) is 51.3 Å². The molecule has 0 spiro atoms. The van der Waals surface area contributed by atoms with E-state index < -0.39 is 62.8 Å². The molecular formula is C41H54N3O13S4+. The number of aliphatic hydroxyl groups excluding tert-OH is 1. The van der Waals surface area contributed by atoms with E-state index in [1.807, 2.05) is 52.0 Å². The highest BCUT2D eigenvalue weighted by atomic mass is 32.2. The lowest BCUT2D eigenvalue weighted by molar-refractivity contribution is -0.540. The Morgan fingerprint density at radius 3 is 1.43 bits per heavy atom. The number of anilines is 2. The molecule has 1 saturated heterocycles. The van der Waals surface area contributed by atoms with Gasteiger partial charge >= 0.3 is 0 Å². The fourth-order valence-corrected chi connectivity index (χ4v) is 11.0. The van der Waals surface area contributed by atoms with Gasteiger partial charge in [0, 0.05) is 77.3 Å². The Kier molecular flexibility index (Phi) is 13.1. The molecular weight excluding hydrogens is 871 g/mol. The van der Waals surface area contributed by atoms with E-state index >= 15 is 0 Å². The molecule has 1 saturated carbocycles. The predicted molar refractivity (Wildman–Crippen MR) is 232 cm³/mol. The number of nitrogens with zero attached hydrogens (tertiary/aromatic N) is 3. The number of benzene rings is 2. The second-order valence-electron chi connectivity index (χ2n) is 17.1. The summed E-state index contributed by atoms with van der Waals surface area (Å²) < 4.78 is 138. The summed E-state index contributed by atoms with van der Waals surface area (Å²) in [5.74, 6) is -0.753. The average molecular weight is 925 g/mol. The zero-order valence-electron chi connectivity index (χ0n) is 34.5. The van der Waals surface area contributed by atoms with Crippen LogP contribution in [0.4, 0.5) is 11.4 Å². The van der Waals surface area contributed by atoms with Crippen molar-refractivity contribution < 1.29 is 61.6 Å². The van der Waals surface area contributed by atoms with Crippen LogP contribution in [0.3, 0.4) is 0 Å². The van der Waals surface area contributed by atoms with Gasteiger partial charge in [-0.2, -0.15) is 33.7 Å². The summed E-state index contributed by atoms with van der Waals surface area (Å²) >= 11 is 0. The first-order valence-corrected chi connectivity index (χ1v) is 26.1. The number of piperidine rings is 1. The summed E-state index contributed by atoms with van der Waals surface area (Å²) in [6.07, 6.45) is 12.3. The standard InChI is InChI=1S/C41H53N3O13S4/c1-40(2)33-26-31(60(52,53)54)11-13-35(33)43(21-24-58(46,47)48)37(40)15-9-29-7-8-30(39(29)42-19-17-28(18-20-42)6-5-23-45)10-16-38-41(3,4)34-27-32(61(55,56)57)12-14-36(34)44(38)22-25-59(49,50)51/h9-16,26-28,45H,5-8,17-25H2,1-4H3,(H3-,46,47,48,49,50,51,52,53,54,55,56,57)/p+1. The molecule has 2 aromatic rings. The summed E-state index contributed by atoms with van der Waals surface area (Å²) in [4.78, 5) is 2.83. The van der Waals surface area contributed by atoms with E-state index in [-0.39, 0.29) is 29.5 Å². The molecule has 3 heterocycles. The minimum Gasteiger partial charge on any atom is -0.396 e. The van der Waals surface area contributed by atoms with E-state index in [0.29, 0.717) is 59.1 Å². The highest BCUT2D eigenvalue weighted by molar-refractivity contribution is 7.86. The van der Waals surface area contributed by atoms with Gasteiger partial charge in [-0.1, -0.05) is 39.8 Å². The fraction of sp³-hybridized carbons (Fsp3) is 0.488. The Balaban J connectivity index is 1.47. The van der Waals surface area contributed by atoms with Crippen LogP contribution < -0.4 is 9.80 Å². The number of hydrogen-bond donors (Lipinski definition) is 5. The number of hydrogen-bond acceptors (Lipinski definition) is 11. The first kappa shape index (κ1) is 46.8. The lowest BCUT2D eigenvalue weighted by atomic mass is 9.83. The molecule has 6 rings (SSSR count). The highest BCUT2D eigenvalue weighted by Gasteiger charge is 2.43. The lowest BCUT2D eigenvalue weighted by Crippen LogP contribution is -2.32. The van der Waals surface area contributed by atoms with Crippen molar-refractivity contribution in [1.29, 1.82) is 0 Å². The van der Waals surface area contributed by atoms with E-state index in [9.17, 15) is 57.0 Å². The summed E-state index contributed by atoms with van der Waals surface area (Å²) in [5.41, 5.74) is 4.59. The van der Waals surface area contributed by atoms with Gasteiger partial charge in [-0.05, 0) is 91.3 Å². The minimum absolute atomic E-state index is 0.123. The zero-order chi connectivity index (χ0) is 44.9. The van der Waals surface area contributed by atoms with E-state index in [2.05, 4.69) is 4.58 Å². The van der Waals surface area contributed by atoms with Crippen molar-refractivity contribution in [3.8, 4) is 0 Å². The van der Waals surface area contributed by atoms with Crippen molar-refractivity contribution in [1.82, 2.24) is 0 Å². The first-order chi connectivity index (χ1) is 28.2. The molecule has 0 atom stereocenters. The number of fused-ring (bicyclic) bond motifs is 2. The lowest BCUT2D eigenvalue weighted by Gasteiger charge is -2.27. The average Bonchev–Trinajstić information content (AvgIpc) is 3.73. The molecule has 20 heteroatoms. The van der Waals surface area contributed by atoms with Gasteiger partial charge in [-0.25, -0.2) is 4.58 Å². The van der Waals surface area contributed by atoms with Crippen LogP contribution in [0.5, 0.6) is 0 Å². The third-order valence-corrected chi connectivity index (χ3v) is 15.4. The smallest absolute Gasteiger partial charge is 0.294 e. The molecule has 0 amide bonds. The largest absolute Gasteiger partial charge is 0.396 e. The Morgan fingerprint density at radius 2 is 1.07 bits per heavy atom. The highest BCUT2D eigenvalue weighted by Crippen LogP contribution is 2.50. The van der Waals surface area contributed by atoms with Crippen molar-refractivity contribution in [2.75, 3.05) is 54.1 Å². The van der Waals surface area contributed by atoms with Gasteiger partial charge in [0.05, 0.1) is 21.3 Å². The molecule has 2 aromatic carbocycles. The molecule has 16 nitrogen and oxygen atoms in total. The van der Waals surface area contributed by atoms with Crippen LogP contribution >= 0.6 is 0 Å². The van der Waals surface area contributed by atoms with Gasteiger partial charge in [-0.3, -0.25) is 18.2 Å². The number of aliphatic hydroxyl groups is 1. The molecule has 3 aliphatic heterocycles. The number of allylic oxidation sites excluding steroid dienone is 8. The third-order valence-electron chi connectivity index (χ3n) is 12.3. The van der Waals surface area contributed by atoms with E-state index in [0.717, 1.165) is 49.2 Å². The second kappa shape index (κ2) is 17.1. The van der Waals surface area contributed by atoms with Crippen LogP contribution in [0.15, 0.2) is 93.0 Å². The summed E-state index contributed by atoms with van der Waals surface area (Å²) in [6.45, 7) is 8.77. The van der Waals surface area contributed by atoms with Gasteiger partial charge in [0.15, 0.2) is 0 Å². The van der Waals surface area contributed by atoms with E-state index in [4.69, 9.17) is 0 Å². The summed E-state index contributed by atoms with van der Waals surface area (Å²) in [6, 6.07) is 8.23. The van der Waals surface area contributed by atoms with Gasteiger partial charge in [-0.15, -0.1) is 0 Å². The van der Waals surface area contributed by atoms with Crippen molar-refractivity contribution in [3.63, 3.8) is 0 Å². The van der Waals surface area contributed by atoms with Crippen LogP contribution in [0.25, 0.3) is 0 Å². The summed E-state index contributed by atoms with van der Waals surface area (Å²) in [5, 5.41) is 9.45. The quantitative estimate of drug-likeness (QED) is 0.132. The second-order valence-corrected chi connectivity index (χ2v) is 23.1. The molecule has 1 aliphatic carbocycles. The van der Waals surface area contributed by atoms with E-state index in [1.54, 1.807) is 9.80 Å². The summed E-state index contributed by atoms with van der Waals surface area (Å²) in [7, 11) is -17.9. The molecule has 334 valence electrons. The van der Waals surface area contributed by atoms with Crippen molar-refractivity contribution in [2.24, 2.45) is 5.92 Å².